The molecule has 0 aliphatic carbocycles. The number of likely N-dealkylation sites (N-methyl/N-ethyl adjacent to an activating group) is 1. The lowest BCUT2D eigenvalue weighted by molar-refractivity contribution is -0.385. The summed E-state index contributed by atoms with van der Waals surface area (Å²) in [5.41, 5.74) is 0.573. The summed E-state index contributed by atoms with van der Waals surface area (Å²) in [6, 6.07) is 11.7. The minimum atomic E-state index is -1.30. The Balaban J connectivity index is 2.22. The molecule has 6 heteroatoms. The van der Waals surface area contributed by atoms with Crippen molar-refractivity contribution in [3.63, 3.8) is 0 Å². The Labute approximate surface area is 127 Å². The van der Waals surface area contributed by atoms with Crippen molar-refractivity contribution in [2.75, 3.05) is 13.6 Å². The number of hydrogen-bond acceptors (Lipinski definition) is 5. The van der Waals surface area contributed by atoms with Gasteiger partial charge < -0.3 is 15.2 Å². The van der Waals surface area contributed by atoms with E-state index in [9.17, 15) is 15.2 Å². The van der Waals surface area contributed by atoms with Crippen molar-refractivity contribution in [1.82, 2.24) is 5.32 Å². The molecule has 3 rings (SSSR count). The number of aliphatic hydroxyl groups is 1. The second kappa shape index (κ2) is 5.40. The molecule has 1 unspecified atom stereocenters. The maximum atomic E-state index is 11.3. The van der Waals surface area contributed by atoms with E-state index >= 15 is 0 Å². The standard InChI is InChI=1S/C16H16N2O4/c1-17-10-16(19)13-7-6-12(18(20)21)8-11(13)9-22-15-5-3-2-4-14(15)16/h2-8,17,19H,9-10H2,1H3. The first-order chi connectivity index (χ1) is 10.6. The maximum absolute atomic E-state index is 11.3. The molecule has 1 aliphatic rings. The van der Waals surface area contributed by atoms with Gasteiger partial charge in [-0.15, -0.1) is 0 Å². The van der Waals surface area contributed by atoms with Gasteiger partial charge in [-0.05, 0) is 24.7 Å². The van der Waals surface area contributed by atoms with Gasteiger partial charge in [0.25, 0.3) is 5.69 Å². The Bertz CT molecular complexity index is 732. The molecule has 0 fully saturated rings. The van der Waals surface area contributed by atoms with E-state index in [1.165, 1.54) is 12.1 Å². The number of nitro groups is 1. The van der Waals surface area contributed by atoms with Crippen LogP contribution in [0.5, 0.6) is 5.75 Å². The molecule has 2 aromatic carbocycles. The van der Waals surface area contributed by atoms with Gasteiger partial charge in [0.1, 0.15) is 18.0 Å². The lowest BCUT2D eigenvalue weighted by atomic mass is 9.83. The average Bonchev–Trinajstić information content (AvgIpc) is 2.64. The van der Waals surface area contributed by atoms with Crippen LogP contribution in [0.2, 0.25) is 0 Å². The minimum absolute atomic E-state index is 0.0138. The predicted molar refractivity (Wildman–Crippen MR) is 80.8 cm³/mol. The van der Waals surface area contributed by atoms with Gasteiger partial charge >= 0.3 is 0 Å². The first kappa shape index (κ1) is 14.5. The Morgan fingerprint density at radius 2 is 2.09 bits per heavy atom. The summed E-state index contributed by atoms with van der Waals surface area (Å²) in [4.78, 5) is 10.5. The van der Waals surface area contributed by atoms with E-state index in [-0.39, 0.29) is 18.8 Å². The number of rotatable bonds is 3. The molecule has 0 aromatic heterocycles. The van der Waals surface area contributed by atoms with Crippen LogP contribution in [0.25, 0.3) is 0 Å². The van der Waals surface area contributed by atoms with Crippen LogP contribution in [0.1, 0.15) is 16.7 Å². The summed E-state index contributed by atoms with van der Waals surface area (Å²) < 4.78 is 5.74. The fourth-order valence-electron chi connectivity index (χ4n) is 2.90. The normalized spacial score (nSPS) is 19.5. The van der Waals surface area contributed by atoms with E-state index in [1.54, 1.807) is 19.2 Å². The smallest absolute Gasteiger partial charge is 0.269 e. The van der Waals surface area contributed by atoms with Gasteiger partial charge in [-0.1, -0.05) is 18.2 Å². The van der Waals surface area contributed by atoms with Crippen molar-refractivity contribution in [3.05, 3.63) is 69.3 Å². The van der Waals surface area contributed by atoms with Crippen LogP contribution >= 0.6 is 0 Å². The fourth-order valence-corrected chi connectivity index (χ4v) is 2.90. The number of nitro benzene ring substituents is 1. The number of ether oxygens (including phenoxy) is 1. The molecule has 1 aliphatic heterocycles. The molecule has 22 heavy (non-hydrogen) atoms. The zero-order chi connectivity index (χ0) is 15.7. The lowest BCUT2D eigenvalue weighted by Crippen LogP contribution is -2.38. The van der Waals surface area contributed by atoms with Gasteiger partial charge in [0.05, 0.1) is 4.92 Å². The van der Waals surface area contributed by atoms with Crippen molar-refractivity contribution in [2.24, 2.45) is 0 Å². The predicted octanol–water partition coefficient (Wildman–Crippen LogP) is 1.94. The molecule has 0 radical (unpaired) electrons. The van der Waals surface area contributed by atoms with Crippen LogP contribution < -0.4 is 10.1 Å². The minimum Gasteiger partial charge on any atom is -0.488 e. The van der Waals surface area contributed by atoms with Gasteiger partial charge in [0.2, 0.25) is 0 Å². The molecule has 0 bridgehead atoms. The van der Waals surface area contributed by atoms with E-state index in [1.807, 2.05) is 18.2 Å². The van der Waals surface area contributed by atoms with Gasteiger partial charge in [-0.3, -0.25) is 10.1 Å². The number of benzene rings is 2. The number of hydrogen-bond donors (Lipinski definition) is 2. The second-order valence-corrected chi connectivity index (χ2v) is 5.27. The molecular formula is C16H16N2O4. The van der Waals surface area contributed by atoms with Crippen molar-refractivity contribution < 1.29 is 14.8 Å². The summed E-state index contributed by atoms with van der Waals surface area (Å²) in [5.74, 6) is 0.583. The number of fused-ring (bicyclic) bond motifs is 2. The summed E-state index contributed by atoms with van der Waals surface area (Å²) in [5, 5.41) is 25.2. The Morgan fingerprint density at radius 1 is 1.32 bits per heavy atom. The number of nitrogens with zero attached hydrogens (tertiary/aromatic N) is 1. The number of non-ortho nitro benzene ring substituents is 1. The molecular weight excluding hydrogens is 284 g/mol. The highest BCUT2D eigenvalue weighted by atomic mass is 16.6. The summed E-state index contributed by atoms with van der Waals surface area (Å²) in [6.45, 7) is 0.457. The van der Waals surface area contributed by atoms with Gasteiger partial charge in [-0.25, -0.2) is 0 Å². The molecule has 0 spiro atoms. The highest BCUT2D eigenvalue weighted by Crippen LogP contribution is 2.40. The topological polar surface area (TPSA) is 84.6 Å². The second-order valence-electron chi connectivity index (χ2n) is 5.27. The van der Waals surface area contributed by atoms with E-state index in [0.717, 1.165) is 0 Å². The number of nitrogens with one attached hydrogen (secondary N) is 1. The van der Waals surface area contributed by atoms with Crippen LogP contribution in [0.3, 0.4) is 0 Å². The average molecular weight is 300 g/mol. The van der Waals surface area contributed by atoms with Gasteiger partial charge in [-0.2, -0.15) is 0 Å². The number of para-hydroxylation sites is 1. The van der Waals surface area contributed by atoms with E-state index in [0.29, 0.717) is 22.4 Å². The summed E-state index contributed by atoms with van der Waals surface area (Å²) in [7, 11) is 1.75. The summed E-state index contributed by atoms with van der Waals surface area (Å²) in [6.07, 6.45) is 0. The van der Waals surface area contributed by atoms with Crippen molar-refractivity contribution in [3.8, 4) is 5.75 Å². The molecule has 1 heterocycles. The van der Waals surface area contributed by atoms with Crippen LogP contribution in [-0.4, -0.2) is 23.6 Å². The van der Waals surface area contributed by atoms with Crippen LogP contribution in [-0.2, 0) is 12.2 Å². The van der Waals surface area contributed by atoms with Crippen molar-refractivity contribution >= 4 is 5.69 Å². The Kier molecular flexibility index (Phi) is 3.56. The molecule has 2 aromatic rings. The van der Waals surface area contributed by atoms with Crippen LogP contribution in [0, 0.1) is 10.1 Å². The molecule has 0 saturated heterocycles. The third kappa shape index (κ3) is 2.22. The molecule has 2 N–H and O–H groups in total. The first-order valence-corrected chi connectivity index (χ1v) is 6.93. The Morgan fingerprint density at radius 3 is 2.82 bits per heavy atom. The van der Waals surface area contributed by atoms with Gasteiger partial charge in [0.15, 0.2) is 0 Å². The molecule has 6 nitrogen and oxygen atoms in total. The lowest BCUT2D eigenvalue weighted by Gasteiger charge is -2.29. The third-order valence-electron chi connectivity index (χ3n) is 3.89. The highest BCUT2D eigenvalue weighted by Gasteiger charge is 2.38. The van der Waals surface area contributed by atoms with Crippen molar-refractivity contribution in [1.29, 1.82) is 0 Å². The van der Waals surface area contributed by atoms with Crippen molar-refractivity contribution in [2.45, 2.75) is 12.2 Å². The van der Waals surface area contributed by atoms with Crippen LogP contribution in [0.15, 0.2) is 42.5 Å². The molecule has 1 atom stereocenters. The molecule has 114 valence electrons. The summed E-state index contributed by atoms with van der Waals surface area (Å²) >= 11 is 0. The van der Waals surface area contributed by atoms with E-state index in [2.05, 4.69) is 5.32 Å². The maximum Gasteiger partial charge on any atom is 0.269 e. The quantitative estimate of drug-likeness (QED) is 0.668. The molecule has 0 amide bonds. The van der Waals surface area contributed by atoms with E-state index in [4.69, 9.17) is 4.74 Å². The van der Waals surface area contributed by atoms with Crippen LogP contribution in [0.4, 0.5) is 5.69 Å². The monoisotopic (exact) mass is 300 g/mol. The largest absolute Gasteiger partial charge is 0.488 e. The third-order valence-corrected chi connectivity index (χ3v) is 3.89. The Hall–Kier alpha value is -2.44. The molecule has 0 saturated carbocycles. The zero-order valence-corrected chi connectivity index (χ0v) is 12.1. The highest BCUT2D eigenvalue weighted by molar-refractivity contribution is 5.52. The van der Waals surface area contributed by atoms with E-state index < -0.39 is 10.5 Å². The zero-order valence-electron chi connectivity index (χ0n) is 12.1. The van der Waals surface area contributed by atoms with Gasteiger partial charge in [0, 0.05) is 29.8 Å². The SMILES string of the molecule is CNCC1(O)c2ccc([N+](=O)[O-])cc2COc2ccccc21. The first-order valence-electron chi connectivity index (χ1n) is 6.93. The fraction of sp³-hybridized carbons (Fsp3) is 0.250.